The van der Waals surface area contributed by atoms with Gasteiger partial charge in [0.25, 0.3) is 17.6 Å². The number of carbonyl (C=O) groups is 3. The molecule has 5 rings (SSSR count). The summed E-state index contributed by atoms with van der Waals surface area (Å²) < 4.78 is 5.45. The largest absolute Gasteiger partial charge is 0.494 e. The number of ketones is 1. The van der Waals surface area contributed by atoms with E-state index in [4.69, 9.17) is 4.74 Å². The first-order chi connectivity index (χ1) is 17.5. The smallest absolute Gasteiger partial charge is 0.295 e. The molecule has 182 valence electrons. The predicted octanol–water partition coefficient (Wildman–Crippen LogP) is 1.98. The summed E-state index contributed by atoms with van der Waals surface area (Å²) in [5, 5.41) is 0.448. The van der Waals surface area contributed by atoms with E-state index in [1.54, 1.807) is 47.9 Å². The molecule has 36 heavy (non-hydrogen) atoms. The number of amides is 2. The van der Waals surface area contributed by atoms with E-state index in [1.807, 2.05) is 6.92 Å². The van der Waals surface area contributed by atoms with Crippen molar-refractivity contribution in [2.75, 3.05) is 26.7 Å². The van der Waals surface area contributed by atoms with Crippen molar-refractivity contribution in [1.82, 2.24) is 34.7 Å². The summed E-state index contributed by atoms with van der Waals surface area (Å²) >= 11 is 0. The second-order valence-electron chi connectivity index (χ2n) is 8.36. The lowest BCUT2D eigenvalue weighted by molar-refractivity contribution is -0.128. The maximum Gasteiger partial charge on any atom is 0.295 e. The minimum Gasteiger partial charge on any atom is -0.494 e. The maximum absolute atomic E-state index is 13.4. The first kappa shape index (κ1) is 23.1. The number of fused-ring (bicyclic) bond motifs is 1. The van der Waals surface area contributed by atoms with Gasteiger partial charge in [-0.15, -0.1) is 0 Å². The number of methoxy groups -OCH3 is 1. The summed E-state index contributed by atoms with van der Waals surface area (Å²) in [6, 6.07) is 4.87. The number of hydrogen-bond acceptors (Lipinski definition) is 8. The van der Waals surface area contributed by atoms with Gasteiger partial charge in [0, 0.05) is 50.5 Å². The van der Waals surface area contributed by atoms with Crippen molar-refractivity contribution < 1.29 is 19.1 Å². The molecule has 2 amide bonds. The molecule has 4 aromatic rings. The van der Waals surface area contributed by atoms with Gasteiger partial charge in [0.05, 0.1) is 36.0 Å². The van der Waals surface area contributed by atoms with Gasteiger partial charge < -0.3 is 19.5 Å². The third-order valence-corrected chi connectivity index (χ3v) is 6.20. The second-order valence-corrected chi connectivity index (χ2v) is 8.36. The third-order valence-electron chi connectivity index (χ3n) is 6.20. The number of nitrogens with zero attached hydrogens (tertiary/aromatic N) is 6. The van der Waals surface area contributed by atoms with Crippen molar-refractivity contribution in [3.63, 3.8) is 0 Å². The number of Topliss-reactive ketones (excluding diaryl/α,β-unsaturated/α-hetero) is 1. The lowest BCUT2D eigenvalue weighted by atomic mass is 10.1. The first-order valence-electron chi connectivity index (χ1n) is 11.4. The van der Waals surface area contributed by atoms with E-state index < -0.39 is 11.7 Å². The second kappa shape index (κ2) is 9.53. The van der Waals surface area contributed by atoms with Crippen LogP contribution in [0.15, 0.2) is 55.4 Å². The van der Waals surface area contributed by atoms with Gasteiger partial charge in [0.2, 0.25) is 0 Å². The molecule has 0 aromatic carbocycles. The van der Waals surface area contributed by atoms with Crippen LogP contribution in [0.5, 0.6) is 5.75 Å². The van der Waals surface area contributed by atoms with Gasteiger partial charge in [-0.1, -0.05) is 6.07 Å². The number of piperazine rings is 1. The highest BCUT2D eigenvalue weighted by Crippen LogP contribution is 2.34. The van der Waals surface area contributed by atoms with E-state index in [9.17, 15) is 14.4 Å². The van der Waals surface area contributed by atoms with Crippen LogP contribution < -0.4 is 4.74 Å². The van der Waals surface area contributed by atoms with Crippen molar-refractivity contribution >= 4 is 28.5 Å². The first-order valence-corrected chi connectivity index (χ1v) is 11.4. The Morgan fingerprint density at radius 3 is 2.61 bits per heavy atom. The summed E-state index contributed by atoms with van der Waals surface area (Å²) in [4.78, 5) is 62.6. The molecule has 1 aliphatic rings. The molecule has 1 unspecified atom stereocenters. The Morgan fingerprint density at radius 1 is 1.06 bits per heavy atom. The maximum atomic E-state index is 13.4. The number of rotatable bonds is 5. The Hall–Kier alpha value is -4.67. The van der Waals surface area contributed by atoms with Gasteiger partial charge in [0.15, 0.2) is 0 Å². The van der Waals surface area contributed by atoms with Crippen LogP contribution in [0, 0.1) is 0 Å². The Bertz CT molecular complexity index is 1440. The van der Waals surface area contributed by atoms with Crippen LogP contribution in [0.25, 0.3) is 22.3 Å². The highest BCUT2D eigenvalue weighted by molar-refractivity contribution is 6.45. The topological polar surface area (TPSA) is 134 Å². The van der Waals surface area contributed by atoms with Crippen molar-refractivity contribution in [3.05, 3.63) is 66.6 Å². The summed E-state index contributed by atoms with van der Waals surface area (Å²) in [6.45, 7) is 2.61. The molecular formula is C25H23N7O4. The van der Waals surface area contributed by atoms with Gasteiger partial charge in [-0.2, -0.15) is 0 Å². The molecule has 0 bridgehead atoms. The van der Waals surface area contributed by atoms with Crippen LogP contribution in [0.2, 0.25) is 0 Å². The molecule has 1 saturated heterocycles. The minimum absolute atomic E-state index is 0.180. The number of ether oxygens (including phenoxy) is 1. The summed E-state index contributed by atoms with van der Waals surface area (Å²) in [5.41, 5.74) is 2.04. The lowest BCUT2D eigenvalue weighted by Gasteiger charge is -2.39. The monoisotopic (exact) mass is 485 g/mol. The molecule has 4 aromatic heterocycles. The molecule has 0 radical (unpaired) electrons. The Balaban J connectivity index is 1.39. The average molecular weight is 486 g/mol. The van der Waals surface area contributed by atoms with E-state index in [-0.39, 0.29) is 30.6 Å². The minimum atomic E-state index is -0.674. The molecule has 11 heteroatoms. The quantitative estimate of drug-likeness (QED) is 0.335. The van der Waals surface area contributed by atoms with Crippen LogP contribution >= 0.6 is 0 Å². The number of nitrogens with one attached hydrogen (secondary N) is 1. The van der Waals surface area contributed by atoms with Crippen LogP contribution in [0.4, 0.5) is 0 Å². The van der Waals surface area contributed by atoms with Crippen molar-refractivity contribution in [3.8, 4) is 17.1 Å². The van der Waals surface area contributed by atoms with E-state index in [0.717, 1.165) is 0 Å². The van der Waals surface area contributed by atoms with Gasteiger partial charge in [-0.05, 0) is 19.1 Å². The van der Waals surface area contributed by atoms with Crippen molar-refractivity contribution in [2.24, 2.45) is 0 Å². The van der Waals surface area contributed by atoms with Crippen molar-refractivity contribution in [2.45, 2.75) is 13.0 Å². The normalized spacial score (nSPS) is 15.7. The predicted molar refractivity (Wildman–Crippen MR) is 129 cm³/mol. The summed E-state index contributed by atoms with van der Waals surface area (Å²) in [6.07, 6.45) is 9.21. The number of H-pyrrole nitrogens is 1. The fourth-order valence-corrected chi connectivity index (χ4v) is 4.41. The van der Waals surface area contributed by atoms with Gasteiger partial charge in [-0.3, -0.25) is 29.3 Å². The third kappa shape index (κ3) is 4.04. The lowest BCUT2D eigenvalue weighted by Crippen LogP contribution is -2.56. The standard InChI is InChI=1S/C25H23N7O4/c1-15-14-31(9-10-32(15)24(34)17-5-3-4-6-27-17)25(35)23(33)16-11-29-22-20(16)19(36-2)13-30-21(22)18-12-26-7-8-28-18/h3-8,11-13,15,29H,9-10,14H2,1-2H3. The van der Waals surface area contributed by atoms with Crippen LogP contribution in [0.3, 0.4) is 0 Å². The average Bonchev–Trinajstić information content (AvgIpc) is 3.37. The highest BCUT2D eigenvalue weighted by atomic mass is 16.5. The van der Waals surface area contributed by atoms with Gasteiger partial charge in [-0.25, -0.2) is 4.98 Å². The van der Waals surface area contributed by atoms with E-state index in [1.165, 1.54) is 24.4 Å². The number of aromatic nitrogens is 5. The SMILES string of the molecule is COc1cnc(-c2cnccn2)c2[nH]cc(C(=O)C(=O)N3CCN(C(=O)c4ccccn4)C(C)C3)c12. The molecular weight excluding hydrogens is 462 g/mol. The van der Waals surface area contributed by atoms with Crippen LogP contribution in [-0.2, 0) is 4.79 Å². The molecule has 1 atom stereocenters. The van der Waals surface area contributed by atoms with Crippen LogP contribution in [0.1, 0.15) is 27.8 Å². The van der Waals surface area contributed by atoms with Crippen LogP contribution in [-0.4, -0.2) is 85.1 Å². The fourth-order valence-electron chi connectivity index (χ4n) is 4.41. The fraction of sp³-hybridized carbons (Fsp3) is 0.240. The molecule has 0 aliphatic carbocycles. The molecule has 0 spiro atoms. The molecule has 11 nitrogen and oxygen atoms in total. The van der Waals surface area contributed by atoms with E-state index in [2.05, 4.69) is 24.9 Å². The molecule has 1 N–H and O–H groups in total. The molecule has 1 aliphatic heterocycles. The number of hydrogen-bond donors (Lipinski definition) is 1. The van der Waals surface area contributed by atoms with E-state index in [0.29, 0.717) is 40.3 Å². The number of aromatic amines is 1. The zero-order valence-electron chi connectivity index (χ0n) is 19.7. The Kier molecular flexibility index (Phi) is 6.11. The summed E-state index contributed by atoms with van der Waals surface area (Å²) in [5.74, 6) is -1.17. The Morgan fingerprint density at radius 2 is 1.92 bits per heavy atom. The number of carbonyl (C=O) groups excluding carboxylic acids is 3. The number of pyridine rings is 2. The van der Waals surface area contributed by atoms with Crippen molar-refractivity contribution in [1.29, 1.82) is 0 Å². The summed E-state index contributed by atoms with van der Waals surface area (Å²) in [7, 11) is 1.47. The Labute approximate surface area is 206 Å². The molecule has 0 saturated carbocycles. The van der Waals surface area contributed by atoms with Gasteiger partial charge >= 0.3 is 0 Å². The zero-order chi connectivity index (χ0) is 25.2. The molecule has 5 heterocycles. The van der Waals surface area contributed by atoms with Gasteiger partial charge in [0.1, 0.15) is 22.8 Å². The molecule has 1 fully saturated rings. The van der Waals surface area contributed by atoms with E-state index >= 15 is 0 Å². The highest BCUT2D eigenvalue weighted by Gasteiger charge is 2.34. The zero-order valence-corrected chi connectivity index (χ0v) is 19.7.